The van der Waals surface area contributed by atoms with Crippen LogP contribution in [-0.4, -0.2) is 17.9 Å². The molecule has 1 spiro atoms. The van der Waals surface area contributed by atoms with E-state index < -0.39 is 0 Å². The second-order valence-corrected chi connectivity index (χ2v) is 17.8. The lowest BCUT2D eigenvalue weighted by Crippen LogP contribution is -2.49. The number of fused-ring (bicyclic) bond motifs is 7. The number of carbonyl (C=O) groups excluding carboxylic acids is 1. The highest BCUT2D eigenvalue weighted by Gasteiger charge is 2.74. The summed E-state index contributed by atoms with van der Waals surface area (Å²) in [4.78, 5) is 12.7. The van der Waals surface area contributed by atoms with Gasteiger partial charge in [-0.05, 0) is 153 Å². The lowest BCUT2D eigenvalue weighted by Gasteiger charge is -2.44. The van der Waals surface area contributed by atoms with E-state index in [4.69, 9.17) is 5.73 Å². The van der Waals surface area contributed by atoms with Crippen LogP contribution in [0, 0.1) is 76.4 Å². The van der Waals surface area contributed by atoms with E-state index in [1.165, 1.54) is 95.4 Å². The Kier molecular flexibility index (Phi) is 5.94. The standard InChI is InChI=1S/C41H54N2O/c1-23-10-13-35-39(34-19-26(18-32(23)34)24-6-2-3-7-24)41(35,38(42)22-44)28-11-12-30-27(17-28)20-36-33(30)21-29-16-25-14-15-40(29,36)43-37-9-5-4-8-31(25)37/h4-5,8-9,11-12,22,24-30,32-36,38-39,43H,1-3,6-7,10,13-21,42H2/t25-,26+,27+,28+,29-,30-,32-,33-,34-,35-,36+,38+,39+,40+,41-/m1/s1. The fourth-order valence-corrected chi connectivity index (χ4v) is 15.3. The molecular weight excluding hydrogens is 536 g/mol. The maximum Gasteiger partial charge on any atom is 0.137 e. The maximum atomic E-state index is 12.7. The van der Waals surface area contributed by atoms with Gasteiger partial charge >= 0.3 is 0 Å². The Morgan fingerprint density at radius 2 is 1.75 bits per heavy atom. The van der Waals surface area contributed by atoms with Crippen LogP contribution in [-0.2, 0) is 4.79 Å². The molecule has 0 aromatic heterocycles. The average Bonchev–Trinajstić information content (AvgIpc) is 3.48. The lowest BCUT2D eigenvalue weighted by atomic mass is 9.65. The molecule has 0 amide bonds. The molecule has 11 rings (SSSR count). The van der Waals surface area contributed by atoms with Gasteiger partial charge in [0.1, 0.15) is 6.29 Å². The predicted octanol–water partition coefficient (Wildman–Crippen LogP) is 8.52. The Balaban J connectivity index is 0.945. The summed E-state index contributed by atoms with van der Waals surface area (Å²) in [5.74, 6) is 9.60. The third-order valence-electron chi connectivity index (χ3n) is 16.8. The van der Waals surface area contributed by atoms with E-state index in [2.05, 4.69) is 48.3 Å². The van der Waals surface area contributed by atoms with E-state index in [1.54, 1.807) is 11.1 Å². The number of para-hydroxylation sites is 1. The van der Waals surface area contributed by atoms with Crippen LogP contribution >= 0.6 is 0 Å². The summed E-state index contributed by atoms with van der Waals surface area (Å²) in [5.41, 5.74) is 11.9. The van der Waals surface area contributed by atoms with Crippen molar-refractivity contribution in [2.45, 2.75) is 107 Å². The zero-order chi connectivity index (χ0) is 29.4. The van der Waals surface area contributed by atoms with E-state index in [-0.39, 0.29) is 11.5 Å². The quantitative estimate of drug-likeness (QED) is 0.273. The molecule has 3 nitrogen and oxygen atoms in total. The normalized spacial score (nSPS) is 52.1. The molecule has 7 fully saturated rings. The highest BCUT2D eigenvalue weighted by atomic mass is 16.1. The minimum Gasteiger partial charge on any atom is -0.379 e. The first-order chi connectivity index (χ1) is 21.5. The van der Waals surface area contributed by atoms with Crippen molar-refractivity contribution in [1.82, 2.24) is 0 Å². The van der Waals surface area contributed by atoms with Gasteiger partial charge in [-0.25, -0.2) is 0 Å². The van der Waals surface area contributed by atoms with Crippen LogP contribution in [0.4, 0.5) is 5.69 Å². The van der Waals surface area contributed by atoms with E-state index in [0.29, 0.717) is 35.1 Å². The molecule has 0 radical (unpaired) electrons. The van der Waals surface area contributed by atoms with Crippen molar-refractivity contribution >= 4 is 12.0 Å². The van der Waals surface area contributed by atoms with Crippen LogP contribution in [0.1, 0.15) is 101 Å². The van der Waals surface area contributed by atoms with Crippen molar-refractivity contribution in [3.05, 3.63) is 54.1 Å². The monoisotopic (exact) mass is 590 g/mol. The fourth-order valence-electron chi connectivity index (χ4n) is 15.3. The zero-order valence-electron chi connectivity index (χ0n) is 26.7. The van der Waals surface area contributed by atoms with Crippen molar-refractivity contribution in [3.8, 4) is 0 Å². The van der Waals surface area contributed by atoms with Gasteiger partial charge in [-0.3, -0.25) is 0 Å². The molecule has 234 valence electrons. The third-order valence-corrected chi connectivity index (χ3v) is 16.8. The highest BCUT2D eigenvalue weighted by Crippen LogP contribution is 2.77. The molecule has 2 bridgehead atoms. The molecular formula is C41H54N2O. The molecule has 0 unspecified atom stereocenters. The Morgan fingerprint density at radius 3 is 2.61 bits per heavy atom. The Labute approximate surface area is 265 Å². The molecule has 44 heavy (non-hydrogen) atoms. The number of anilines is 1. The van der Waals surface area contributed by atoms with Gasteiger partial charge in [0, 0.05) is 16.6 Å². The van der Waals surface area contributed by atoms with Gasteiger partial charge in [0.25, 0.3) is 0 Å². The van der Waals surface area contributed by atoms with Crippen LogP contribution in [0.25, 0.3) is 0 Å². The molecule has 3 N–H and O–H groups in total. The number of hydrogen-bond acceptors (Lipinski definition) is 3. The smallest absolute Gasteiger partial charge is 0.137 e. The third kappa shape index (κ3) is 3.47. The summed E-state index contributed by atoms with van der Waals surface area (Å²) in [7, 11) is 0. The summed E-state index contributed by atoms with van der Waals surface area (Å²) in [6.07, 6.45) is 25.6. The average molecular weight is 591 g/mol. The van der Waals surface area contributed by atoms with Crippen LogP contribution < -0.4 is 11.1 Å². The van der Waals surface area contributed by atoms with E-state index >= 15 is 0 Å². The molecule has 0 saturated heterocycles. The molecule has 1 aromatic rings. The molecule has 8 aliphatic carbocycles. The summed E-state index contributed by atoms with van der Waals surface area (Å²) in [6, 6.07) is 8.94. The largest absolute Gasteiger partial charge is 0.379 e. The van der Waals surface area contributed by atoms with Crippen molar-refractivity contribution in [2.75, 3.05) is 5.32 Å². The van der Waals surface area contributed by atoms with Crippen LogP contribution in [0.2, 0.25) is 0 Å². The number of allylic oxidation sites excluding steroid dienone is 3. The van der Waals surface area contributed by atoms with Gasteiger partial charge in [0.2, 0.25) is 0 Å². The summed E-state index contributed by atoms with van der Waals surface area (Å²) < 4.78 is 0. The summed E-state index contributed by atoms with van der Waals surface area (Å²) in [5, 5.41) is 4.29. The number of nitrogens with two attached hydrogens (primary N) is 1. The lowest BCUT2D eigenvalue weighted by molar-refractivity contribution is -0.111. The number of nitrogens with one attached hydrogen (secondary N) is 1. The van der Waals surface area contributed by atoms with Crippen LogP contribution in [0.3, 0.4) is 0 Å². The molecule has 3 heteroatoms. The Hall–Kier alpha value is -1.87. The van der Waals surface area contributed by atoms with Crippen molar-refractivity contribution < 1.29 is 4.79 Å². The molecule has 7 saturated carbocycles. The summed E-state index contributed by atoms with van der Waals surface area (Å²) in [6.45, 7) is 4.69. The number of rotatable bonds is 4. The second-order valence-electron chi connectivity index (χ2n) is 17.8. The van der Waals surface area contributed by atoms with Crippen molar-refractivity contribution in [2.24, 2.45) is 82.2 Å². The molecule has 1 aromatic carbocycles. The van der Waals surface area contributed by atoms with Crippen molar-refractivity contribution in [1.29, 1.82) is 0 Å². The first-order valence-corrected chi connectivity index (χ1v) is 19.0. The minimum absolute atomic E-state index is 0.00646. The number of aldehydes is 1. The second kappa shape index (κ2) is 9.58. The van der Waals surface area contributed by atoms with E-state index in [0.717, 1.165) is 53.8 Å². The Morgan fingerprint density at radius 1 is 0.886 bits per heavy atom. The molecule has 2 aliphatic heterocycles. The van der Waals surface area contributed by atoms with E-state index in [9.17, 15) is 4.79 Å². The number of carbonyl (C=O) groups is 1. The highest BCUT2D eigenvalue weighted by molar-refractivity contribution is 5.62. The zero-order valence-corrected chi connectivity index (χ0v) is 26.7. The van der Waals surface area contributed by atoms with Crippen LogP contribution in [0.15, 0.2) is 48.6 Å². The van der Waals surface area contributed by atoms with Gasteiger partial charge < -0.3 is 15.8 Å². The number of hydrogen-bond donors (Lipinski definition) is 2. The Bertz CT molecular complexity index is 1390. The van der Waals surface area contributed by atoms with Crippen molar-refractivity contribution in [3.63, 3.8) is 0 Å². The molecule has 10 aliphatic rings. The first kappa shape index (κ1) is 27.3. The summed E-state index contributed by atoms with van der Waals surface area (Å²) >= 11 is 0. The minimum atomic E-state index is -0.319. The predicted molar refractivity (Wildman–Crippen MR) is 177 cm³/mol. The molecule has 15 atom stereocenters. The van der Waals surface area contributed by atoms with Gasteiger partial charge in [0.15, 0.2) is 0 Å². The first-order valence-electron chi connectivity index (χ1n) is 19.0. The topological polar surface area (TPSA) is 55.1 Å². The maximum absolute atomic E-state index is 12.7. The van der Waals surface area contributed by atoms with Gasteiger partial charge in [-0.15, -0.1) is 0 Å². The number of benzene rings is 1. The fraction of sp³-hybridized carbons (Fsp3) is 0.732. The van der Waals surface area contributed by atoms with Gasteiger partial charge in [0.05, 0.1) is 6.04 Å². The van der Waals surface area contributed by atoms with Gasteiger partial charge in [-0.2, -0.15) is 0 Å². The van der Waals surface area contributed by atoms with Crippen LogP contribution in [0.5, 0.6) is 0 Å². The van der Waals surface area contributed by atoms with Gasteiger partial charge in [-0.1, -0.05) is 68.2 Å². The molecule has 2 heterocycles. The van der Waals surface area contributed by atoms with E-state index in [1.807, 2.05) is 0 Å². The SMILES string of the molecule is C=C1CC[C@@H]2[C@H]([C@@H]3C[C@@H](C4CCCC4)C[C@H]13)[C@]2([C@@H](N)C=O)[C@H]1C=C[C@@H]2[C@H](C[C@H]3[C@@H]2C[C@H]2C[C@H]4CC[C@]23Nc2ccccc24)C1.